The number of furan rings is 1. The SMILES string of the molecule is CC1(C)c2cc(N(c3ccc(-c4cc5ccccc5cc4-c4ccccc4)cc3)c3cccc4oc5ccccc5c34)ccc2-c2c(C3CCCCC3)cccc21. The Kier molecular flexibility index (Phi) is 7.96. The summed E-state index contributed by atoms with van der Waals surface area (Å²) >= 11 is 0. The molecule has 0 saturated heterocycles. The van der Waals surface area contributed by atoms with Gasteiger partial charge in [0.15, 0.2) is 0 Å². The molecule has 9 aromatic rings. The van der Waals surface area contributed by atoms with Crippen LogP contribution < -0.4 is 4.90 Å². The molecule has 1 saturated carbocycles. The number of nitrogens with zero attached hydrogens (tertiary/aromatic N) is 1. The van der Waals surface area contributed by atoms with Crippen molar-refractivity contribution in [2.75, 3.05) is 4.90 Å². The second kappa shape index (κ2) is 13.4. The van der Waals surface area contributed by atoms with Crippen LogP contribution in [0.2, 0.25) is 0 Å². The third-order valence-corrected chi connectivity index (χ3v) is 13.0. The summed E-state index contributed by atoms with van der Waals surface area (Å²) in [7, 11) is 0. The lowest BCUT2D eigenvalue weighted by Crippen LogP contribution is -2.17. The largest absolute Gasteiger partial charge is 0.456 e. The Hall–Kier alpha value is -6.38. The van der Waals surface area contributed by atoms with Crippen molar-refractivity contribution in [3.63, 3.8) is 0 Å². The first-order valence-corrected chi connectivity index (χ1v) is 20.7. The molecule has 0 aliphatic heterocycles. The van der Waals surface area contributed by atoms with Gasteiger partial charge >= 0.3 is 0 Å². The quantitative estimate of drug-likeness (QED) is 0.169. The Labute approximate surface area is 335 Å². The topological polar surface area (TPSA) is 16.4 Å². The van der Waals surface area contributed by atoms with Gasteiger partial charge in [-0.1, -0.05) is 148 Å². The summed E-state index contributed by atoms with van der Waals surface area (Å²) in [6.45, 7) is 4.84. The van der Waals surface area contributed by atoms with Gasteiger partial charge in [-0.3, -0.25) is 0 Å². The minimum atomic E-state index is -0.126. The van der Waals surface area contributed by atoms with E-state index in [1.54, 1.807) is 5.56 Å². The molecule has 2 heteroatoms. The molecule has 0 N–H and O–H groups in total. The lowest BCUT2D eigenvalue weighted by molar-refractivity contribution is 0.444. The minimum Gasteiger partial charge on any atom is -0.456 e. The van der Waals surface area contributed by atoms with Gasteiger partial charge in [0, 0.05) is 22.2 Å². The van der Waals surface area contributed by atoms with Crippen molar-refractivity contribution in [3.05, 3.63) is 187 Å². The van der Waals surface area contributed by atoms with E-state index in [1.807, 2.05) is 0 Å². The van der Waals surface area contributed by atoms with Crippen molar-refractivity contribution in [2.45, 2.75) is 57.3 Å². The standard InChI is InChI=1S/C55H45NO/c1-55(2)48-23-13-22-43(36-15-5-3-6-16-36)53(48)44-32-31-42(35-49(44)55)56(50-24-14-26-52-54(50)45-21-11-12-25-51(45)57-52)41-29-27-38(28-30-41)47-34-40-20-10-9-19-39(40)33-46(47)37-17-7-4-8-18-37/h4,7-14,17-36H,3,5-6,15-16H2,1-2H3. The van der Waals surface area contributed by atoms with E-state index in [9.17, 15) is 0 Å². The van der Waals surface area contributed by atoms with Crippen LogP contribution in [0.4, 0.5) is 17.1 Å². The predicted molar refractivity (Wildman–Crippen MR) is 240 cm³/mol. The zero-order chi connectivity index (χ0) is 38.1. The second-order valence-electron chi connectivity index (χ2n) is 16.7. The maximum Gasteiger partial charge on any atom is 0.137 e. The molecular formula is C55H45NO. The van der Waals surface area contributed by atoms with E-state index in [2.05, 4.69) is 189 Å². The van der Waals surface area contributed by atoms with Crippen LogP contribution in [-0.4, -0.2) is 0 Å². The number of benzene rings is 8. The first-order chi connectivity index (χ1) is 28.0. The summed E-state index contributed by atoms with van der Waals surface area (Å²) in [5.41, 5.74) is 17.2. The van der Waals surface area contributed by atoms with Crippen molar-refractivity contribution in [3.8, 4) is 33.4 Å². The highest BCUT2D eigenvalue weighted by Gasteiger charge is 2.38. The molecular weight excluding hydrogens is 691 g/mol. The van der Waals surface area contributed by atoms with Gasteiger partial charge in [-0.25, -0.2) is 0 Å². The predicted octanol–water partition coefficient (Wildman–Crippen LogP) is 15.9. The highest BCUT2D eigenvalue weighted by Crippen LogP contribution is 2.54. The van der Waals surface area contributed by atoms with E-state index in [1.165, 1.54) is 87.4 Å². The van der Waals surface area contributed by atoms with Gasteiger partial charge in [-0.05, 0) is 134 Å². The molecule has 57 heavy (non-hydrogen) atoms. The molecule has 2 aliphatic rings. The van der Waals surface area contributed by atoms with Crippen LogP contribution >= 0.6 is 0 Å². The van der Waals surface area contributed by atoms with Crippen molar-refractivity contribution in [1.82, 2.24) is 0 Å². The Morgan fingerprint density at radius 1 is 0.509 bits per heavy atom. The molecule has 11 rings (SSSR count). The molecule has 1 heterocycles. The van der Waals surface area contributed by atoms with Gasteiger partial charge in [0.1, 0.15) is 11.2 Å². The minimum absolute atomic E-state index is 0.126. The van der Waals surface area contributed by atoms with Crippen LogP contribution in [-0.2, 0) is 5.41 Å². The van der Waals surface area contributed by atoms with E-state index in [4.69, 9.17) is 4.42 Å². The van der Waals surface area contributed by atoms with Crippen LogP contribution in [0.25, 0.3) is 66.1 Å². The molecule has 1 fully saturated rings. The van der Waals surface area contributed by atoms with E-state index < -0.39 is 0 Å². The Balaban J connectivity index is 1.09. The number of anilines is 3. The van der Waals surface area contributed by atoms with Crippen molar-refractivity contribution >= 4 is 49.8 Å². The summed E-state index contributed by atoms with van der Waals surface area (Å²) in [6.07, 6.45) is 6.62. The van der Waals surface area contributed by atoms with Crippen LogP contribution in [0.3, 0.4) is 0 Å². The molecule has 0 radical (unpaired) electrons. The third kappa shape index (κ3) is 5.53. The fraction of sp³-hybridized carbons (Fsp3) is 0.164. The smallest absolute Gasteiger partial charge is 0.137 e. The lowest BCUT2D eigenvalue weighted by atomic mass is 9.78. The molecule has 0 spiro atoms. The van der Waals surface area contributed by atoms with E-state index in [0.29, 0.717) is 5.92 Å². The molecule has 2 aliphatic carbocycles. The molecule has 0 amide bonds. The monoisotopic (exact) mass is 735 g/mol. The molecule has 8 aromatic carbocycles. The number of rotatable bonds is 6. The average molecular weight is 736 g/mol. The van der Waals surface area contributed by atoms with Crippen LogP contribution in [0, 0.1) is 0 Å². The van der Waals surface area contributed by atoms with Gasteiger partial charge in [0.05, 0.1) is 11.1 Å². The number of para-hydroxylation sites is 1. The Bertz CT molecular complexity index is 2960. The average Bonchev–Trinajstić information content (AvgIpc) is 3.76. The molecule has 1 aromatic heterocycles. The van der Waals surface area contributed by atoms with Gasteiger partial charge < -0.3 is 9.32 Å². The highest BCUT2D eigenvalue weighted by molar-refractivity contribution is 6.13. The zero-order valence-corrected chi connectivity index (χ0v) is 32.6. The maximum atomic E-state index is 6.48. The van der Waals surface area contributed by atoms with Crippen LogP contribution in [0.5, 0.6) is 0 Å². The van der Waals surface area contributed by atoms with Crippen LogP contribution in [0.15, 0.2) is 174 Å². The third-order valence-electron chi connectivity index (χ3n) is 13.0. The highest BCUT2D eigenvalue weighted by atomic mass is 16.3. The number of hydrogen-bond donors (Lipinski definition) is 0. The van der Waals surface area contributed by atoms with E-state index in [0.717, 1.165) is 39.0 Å². The van der Waals surface area contributed by atoms with Gasteiger partial charge in [0.2, 0.25) is 0 Å². The van der Waals surface area contributed by atoms with Crippen molar-refractivity contribution in [2.24, 2.45) is 0 Å². The Morgan fingerprint density at radius 3 is 1.93 bits per heavy atom. The first kappa shape index (κ1) is 33.9. The number of hydrogen-bond acceptors (Lipinski definition) is 2. The molecule has 276 valence electrons. The summed E-state index contributed by atoms with van der Waals surface area (Å²) in [6, 6.07) is 62.6. The summed E-state index contributed by atoms with van der Waals surface area (Å²) in [4.78, 5) is 2.45. The second-order valence-corrected chi connectivity index (χ2v) is 16.7. The van der Waals surface area contributed by atoms with Crippen molar-refractivity contribution < 1.29 is 4.42 Å². The summed E-state index contributed by atoms with van der Waals surface area (Å²) < 4.78 is 6.48. The molecule has 0 unspecified atom stereocenters. The van der Waals surface area contributed by atoms with Crippen LogP contribution in [0.1, 0.15) is 68.6 Å². The molecule has 0 atom stereocenters. The summed E-state index contributed by atoms with van der Waals surface area (Å²) in [5.74, 6) is 0.641. The zero-order valence-electron chi connectivity index (χ0n) is 32.6. The van der Waals surface area contributed by atoms with Gasteiger partial charge in [-0.2, -0.15) is 0 Å². The molecule has 0 bridgehead atoms. The fourth-order valence-electron chi connectivity index (χ4n) is 10.2. The summed E-state index contributed by atoms with van der Waals surface area (Å²) in [5, 5.41) is 4.74. The fourth-order valence-corrected chi connectivity index (χ4v) is 10.2. The van der Waals surface area contributed by atoms with E-state index >= 15 is 0 Å². The van der Waals surface area contributed by atoms with Crippen molar-refractivity contribution in [1.29, 1.82) is 0 Å². The Morgan fingerprint density at radius 2 is 1.16 bits per heavy atom. The van der Waals surface area contributed by atoms with Gasteiger partial charge in [0.25, 0.3) is 0 Å². The number of fused-ring (bicyclic) bond motifs is 7. The lowest BCUT2D eigenvalue weighted by Gasteiger charge is -2.29. The molecule has 2 nitrogen and oxygen atoms in total. The normalized spacial score (nSPS) is 14.9. The maximum absolute atomic E-state index is 6.48. The van der Waals surface area contributed by atoms with Gasteiger partial charge in [-0.15, -0.1) is 0 Å². The van der Waals surface area contributed by atoms with E-state index in [-0.39, 0.29) is 5.41 Å². The first-order valence-electron chi connectivity index (χ1n) is 20.7.